The molecule has 162 valence electrons. The van der Waals surface area contributed by atoms with Crippen LogP contribution in [0, 0.1) is 32.9 Å². The van der Waals surface area contributed by atoms with Crippen LogP contribution in [0.4, 0.5) is 21.9 Å². The molecule has 0 saturated heterocycles. The molecule has 0 unspecified atom stereocenters. The molecule has 3 N–H and O–H groups in total. The SMILES string of the molecule is [C-]#[N+]c1cc(CC(C)C)c(NNC(=O)NCCCOc2ccc(C)cc2C)cc1[N+]#[C-]. The zero-order chi connectivity index (χ0) is 22.8. The molecule has 0 spiro atoms. The number of hydrogen-bond acceptors (Lipinski definition) is 3. The monoisotopic (exact) mass is 419 g/mol. The number of urea groups is 1. The Labute approximate surface area is 184 Å². The Morgan fingerprint density at radius 1 is 1.10 bits per heavy atom. The van der Waals surface area contributed by atoms with Crippen molar-refractivity contribution in [3.8, 4) is 5.75 Å². The number of carbonyl (C=O) groups excluding carboxylic acids is 1. The predicted molar refractivity (Wildman–Crippen MR) is 124 cm³/mol. The molecule has 0 aromatic heterocycles. The summed E-state index contributed by atoms with van der Waals surface area (Å²) in [6.07, 6.45) is 1.39. The third kappa shape index (κ3) is 7.24. The van der Waals surface area contributed by atoms with E-state index in [1.54, 1.807) is 12.1 Å². The number of hydrazine groups is 1. The molecule has 0 heterocycles. The maximum Gasteiger partial charge on any atom is 0.333 e. The predicted octanol–water partition coefficient (Wildman–Crippen LogP) is 5.70. The fourth-order valence-corrected chi connectivity index (χ4v) is 3.11. The first-order chi connectivity index (χ1) is 14.8. The van der Waals surface area contributed by atoms with Gasteiger partial charge in [0.2, 0.25) is 0 Å². The van der Waals surface area contributed by atoms with Crippen molar-refractivity contribution >= 4 is 23.1 Å². The fourth-order valence-electron chi connectivity index (χ4n) is 3.11. The molecular weight excluding hydrogens is 390 g/mol. The van der Waals surface area contributed by atoms with E-state index in [9.17, 15) is 4.79 Å². The second-order valence-corrected chi connectivity index (χ2v) is 7.80. The van der Waals surface area contributed by atoms with Gasteiger partial charge in [-0.15, -0.1) is 0 Å². The van der Waals surface area contributed by atoms with Crippen LogP contribution in [0.5, 0.6) is 5.75 Å². The molecule has 0 atom stereocenters. The number of anilines is 1. The minimum atomic E-state index is -0.374. The van der Waals surface area contributed by atoms with Crippen LogP contribution in [-0.4, -0.2) is 19.2 Å². The summed E-state index contributed by atoms with van der Waals surface area (Å²) in [7, 11) is 0. The second kappa shape index (κ2) is 11.5. The summed E-state index contributed by atoms with van der Waals surface area (Å²) < 4.78 is 5.76. The number of hydrogen-bond donors (Lipinski definition) is 3. The van der Waals surface area contributed by atoms with E-state index >= 15 is 0 Å². The number of benzene rings is 2. The quantitative estimate of drug-likeness (QED) is 0.277. The summed E-state index contributed by atoms with van der Waals surface area (Å²) in [5.74, 6) is 1.22. The Balaban J connectivity index is 1.83. The molecule has 0 bridgehead atoms. The lowest BCUT2D eigenvalue weighted by atomic mass is 10.00. The van der Waals surface area contributed by atoms with Gasteiger partial charge >= 0.3 is 6.03 Å². The Hall–Kier alpha value is -3.71. The standard InChI is InChI=1S/C24H29N5O2/c1-16(2)12-19-14-21(25-5)22(26-6)15-20(19)28-29-24(30)27-10-7-11-31-23-9-8-17(3)13-18(23)4/h8-9,13-16,28H,7,10-12H2,1-4H3,(H2,27,29,30). The molecule has 2 amide bonds. The van der Waals surface area contributed by atoms with Crippen LogP contribution in [0.3, 0.4) is 0 Å². The van der Waals surface area contributed by atoms with Gasteiger partial charge in [0.15, 0.2) is 11.4 Å². The Kier molecular flexibility index (Phi) is 8.72. The lowest BCUT2D eigenvalue weighted by molar-refractivity contribution is 0.241. The van der Waals surface area contributed by atoms with E-state index < -0.39 is 0 Å². The molecule has 0 fully saturated rings. The first-order valence-corrected chi connectivity index (χ1v) is 10.3. The average molecular weight is 420 g/mol. The highest BCUT2D eigenvalue weighted by atomic mass is 16.5. The van der Waals surface area contributed by atoms with Crippen LogP contribution in [0.15, 0.2) is 30.3 Å². The van der Waals surface area contributed by atoms with Crippen LogP contribution in [0.1, 0.15) is 37.0 Å². The number of nitrogens with zero attached hydrogens (tertiary/aromatic N) is 2. The summed E-state index contributed by atoms with van der Waals surface area (Å²) >= 11 is 0. The molecule has 7 nitrogen and oxygen atoms in total. The van der Waals surface area contributed by atoms with Gasteiger partial charge in [0, 0.05) is 12.2 Å². The molecule has 0 aliphatic rings. The number of carbonyl (C=O) groups is 1. The Bertz CT molecular complexity index is 1000. The van der Waals surface area contributed by atoms with Crippen molar-refractivity contribution in [1.82, 2.24) is 10.7 Å². The minimum Gasteiger partial charge on any atom is -0.493 e. The van der Waals surface area contributed by atoms with Gasteiger partial charge in [-0.2, -0.15) is 0 Å². The third-order valence-electron chi connectivity index (χ3n) is 4.57. The van der Waals surface area contributed by atoms with E-state index in [-0.39, 0.29) is 11.7 Å². The number of aryl methyl sites for hydroxylation is 2. The van der Waals surface area contributed by atoms with Gasteiger partial charge in [0.25, 0.3) is 0 Å². The van der Waals surface area contributed by atoms with Crippen LogP contribution in [-0.2, 0) is 6.42 Å². The van der Waals surface area contributed by atoms with Gasteiger partial charge in [0.1, 0.15) is 5.75 Å². The number of rotatable bonds is 9. The highest BCUT2D eigenvalue weighted by Crippen LogP contribution is 2.35. The maximum absolute atomic E-state index is 12.1. The zero-order valence-corrected chi connectivity index (χ0v) is 18.5. The van der Waals surface area contributed by atoms with E-state index in [1.807, 2.05) is 26.0 Å². The molecule has 2 aromatic rings. The van der Waals surface area contributed by atoms with Crippen LogP contribution >= 0.6 is 0 Å². The van der Waals surface area contributed by atoms with Crippen molar-refractivity contribution in [2.75, 3.05) is 18.6 Å². The van der Waals surface area contributed by atoms with Crippen molar-refractivity contribution < 1.29 is 9.53 Å². The molecular formula is C24H29N5O2. The summed E-state index contributed by atoms with van der Waals surface area (Å²) in [5.41, 5.74) is 9.87. The van der Waals surface area contributed by atoms with Crippen molar-refractivity contribution in [2.24, 2.45) is 5.92 Å². The van der Waals surface area contributed by atoms with Crippen LogP contribution < -0.4 is 20.9 Å². The van der Waals surface area contributed by atoms with Crippen molar-refractivity contribution in [3.63, 3.8) is 0 Å². The van der Waals surface area contributed by atoms with Gasteiger partial charge in [0.05, 0.1) is 19.8 Å². The van der Waals surface area contributed by atoms with E-state index in [4.69, 9.17) is 17.9 Å². The molecule has 2 rings (SSSR count). The normalized spacial score (nSPS) is 10.2. The number of amides is 2. The summed E-state index contributed by atoms with van der Waals surface area (Å²) in [5, 5.41) is 2.77. The summed E-state index contributed by atoms with van der Waals surface area (Å²) in [6.45, 7) is 23.7. The topological polar surface area (TPSA) is 71.1 Å². The lowest BCUT2D eigenvalue weighted by Crippen LogP contribution is -2.40. The summed E-state index contributed by atoms with van der Waals surface area (Å²) in [6, 6.07) is 8.99. The minimum absolute atomic E-state index is 0.260. The molecule has 0 aliphatic heterocycles. The zero-order valence-electron chi connectivity index (χ0n) is 18.5. The number of nitrogens with one attached hydrogen (secondary N) is 3. The van der Waals surface area contributed by atoms with Crippen molar-refractivity contribution in [3.05, 3.63) is 69.9 Å². The van der Waals surface area contributed by atoms with Gasteiger partial charge in [-0.1, -0.05) is 37.6 Å². The molecule has 2 aromatic carbocycles. The lowest BCUT2D eigenvalue weighted by Gasteiger charge is -2.16. The van der Waals surface area contributed by atoms with Gasteiger partial charge < -0.3 is 10.1 Å². The third-order valence-corrected chi connectivity index (χ3v) is 4.57. The van der Waals surface area contributed by atoms with Gasteiger partial charge in [-0.05, 0) is 55.9 Å². The van der Waals surface area contributed by atoms with E-state index in [0.717, 1.165) is 23.3 Å². The molecule has 31 heavy (non-hydrogen) atoms. The van der Waals surface area contributed by atoms with E-state index in [1.165, 1.54) is 5.56 Å². The van der Waals surface area contributed by atoms with Gasteiger partial charge in [-0.3, -0.25) is 20.5 Å². The van der Waals surface area contributed by atoms with Crippen molar-refractivity contribution in [1.29, 1.82) is 0 Å². The Morgan fingerprint density at radius 3 is 2.45 bits per heavy atom. The van der Waals surface area contributed by atoms with Crippen LogP contribution in [0.2, 0.25) is 0 Å². The highest BCUT2D eigenvalue weighted by Gasteiger charge is 2.12. The van der Waals surface area contributed by atoms with Crippen molar-refractivity contribution in [2.45, 2.75) is 40.5 Å². The first-order valence-electron chi connectivity index (χ1n) is 10.3. The second-order valence-electron chi connectivity index (χ2n) is 7.80. The van der Waals surface area contributed by atoms with E-state index in [0.29, 0.717) is 36.9 Å². The molecule has 0 aliphatic carbocycles. The average Bonchev–Trinajstić information content (AvgIpc) is 2.73. The Morgan fingerprint density at radius 2 is 1.81 bits per heavy atom. The number of ether oxygens (including phenoxy) is 1. The van der Waals surface area contributed by atoms with E-state index in [2.05, 4.69) is 45.8 Å². The smallest absolute Gasteiger partial charge is 0.333 e. The molecule has 0 radical (unpaired) electrons. The van der Waals surface area contributed by atoms with Gasteiger partial charge in [-0.25, -0.2) is 4.79 Å². The first kappa shape index (κ1) is 23.6. The fraction of sp³-hybridized carbons (Fsp3) is 0.375. The largest absolute Gasteiger partial charge is 0.493 e. The molecule has 7 heteroatoms. The highest BCUT2D eigenvalue weighted by molar-refractivity contribution is 5.80. The maximum atomic E-state index is 12.1. The molecule has 0 saturated carbocycles. The summed E-state index contributed by atoms with van der Waals surface area (Å²) in [4.78, 5) is 19.0. The van der Waals surface area contributed by atoms with Crippen LogP contribution in [0.25, 0.3) is 9.69 Å².